The number of halogens is 1. The third-order valence-electron chi connectivity index (χ3n) is 5.01. The summed E-state index contributed by atoms with van der Waals surface area (Å²) in [5.41, 5.74) is -0.289. The highest BCUT2D eigenvalue weighted by Crippen LogP contribution is 2.63. The minimum Gasteiger partial charge on any atom is -0.465 e. The molecule has 2 atom stereocenters. The van der Waals surface area contributed by atoms with Crippen molar-refractivity contribution in [3.8, 4) is 12.1 Å². The Bertz CT molecular complexity index is 1060. The summed E-state index contributed by atoms with van der Waals surface area (Å²) in [6.07, 6.45) is 0.189. The third-order valence-corrected chi connectivity index (χ3v) is 5.50. The molecule has 0 N–H and O–H groups in total. The number of Topliss-reactive ketones (excluding diaryl/α,β-unsaturated/α-hetero) is 1. The Morgan fingerprint density at radius 3 is 2.34 bits per heavy atom. The molecule has 0 heterocycles. The van der Waals surface area contributed by atoms with Gasteiger partial charge in [-0.2, -0.15) is 10.5 Å². The van der Waals surface area contributed by atoms with Crippen LogP contribution in [0.25, 0.3) is 5.57 Å². The lowest BCUT2D eigenvalue weighted by Crippen LogP contribution is -2.26. The highest BCUT2D eigenvalue weighted by molar-refractivity contribution is 9.10. The minimum absolute atomic E-state index is 0.132. The molecule has 6 heteroatoms. The molecule has 2 aromatic carbocycles. The first-order valence-corrected chi connectivity index (χ1v) is 9.86. The zero-order chi connectivity index (χ0) is 21.0. The fourth-order valence-corrected chi connectivity index (χ4v) is 4.05. The van der Waals surface area contributed by atoms with Gasteiger partial charge in [0, 0.05) is 21.5 Å². The quantitative estimate of drug-likeness (QED) is 0.362. The zero-order valence-electron chi connectivity index (χ0n) is 15.7. The smallest absolute Gasteiger partial charge is 0.317 e. The molecule has 2 aromatic rings. The van der Waals surface area contributed by atoms with Gasteiger partial charge in [0.1, 0.15) is 23.1 Å². The molecule has 0 saturated heterocycles. The second kappa shape index (κ2) is 8.43. The lowest BCUT2D eigenvalue weighted by atomic mass is 9.83. The summed E-state index contributed by atoms with van der Waals surface area (Å²) in [5.74, 6) is -1.50. The first-order valence-electron chi connectivity index (χ1n) is 9.07. The molecule has 1 fully saturated rings. The van der Waals surface area contributed by atoms with Gasteiger partial charge in [-0.1, -0.05) is 58.4 Å². The van der Waals surface area contributed by atoms with Gasteiger partial charge >= 0.3 is 5.97 Å². The predicted molar refractivity (Wildman–Crippen MR) is 110 cm³/mol. The number of esters is 1. The van der Waals surface area contributed by atoms with Crippen LogP contribution >= 0.6 is 15.9 Å². The Hall–Kier alpha value is -3.22. The molecule has 0 aliphatic heterocycles. The number of ether oxygens (including phenoxy) is 1. The van der Waals surface area contributed by atoms with E-state index in [2.05, 4.69) is 15.9 Å². The van der Waals surface area contributed by atoms with E-state index in [0.29, 0.717) is 11.1 Å². The van der Waals surface area contributed by atoms with Crippen LogP contribution in [-0.2, 0) is 9.53 Å². The van der Waals surface area contributed by atoms with E-state index in [1.165, 1.54) is 0 Å². The van der Waals surface area contributed by atoms with E-state index < -0.39 is 17.3 Å². The van der Waals surface area contributed by atoms with Gasteiger partial charge in [-0.05, 0) is 31.0 Å². The largest absolute Gasteiger partial charge is 0.465 e. The lowest BCUT2D eigenvalue weighted by molar-refractivity contribution is -0.147. The zero-order valence-corrected chi connectivity index (χ0v) is 17.3. The molecule has 1 aliphatic carbocycles. The van der Waals surface area contributed by atoms with Crippen molar-refractivity contribution in [2.45, 2.75) is 13.3 Å². The van der Waals surface area contributed by atoms with E-state index in [1.54, 1.807) is 61.5 Å². The second-order valence-corrected chi connectivity index (χ2v) is 7.58. The molecule has 29 heavy (non-hydrogen) atoms. The highest BCUT2D eigenvalue weighted by Gasteiger charge is 2.67. The summed E-state index contributed by atoms with van der Waals surface area (Å²) >= 11 is 3.39. The Kier molecular flexibility index (Phi) is 5.96. The fraction of sp³-hybridized carbons (Fsp3) is 0.217. The summed E-state index contributed by atoms with van der Waals surface area (Å²) in [5, 5.41) is 19.2. The fourth-order valence-electron chi connectivity index (χ4n) is 3.65. The van der Waals surface area contributed by atoms with Crippen molar-refractivity contribution in [3.05, 3.63) is 75.8 Å². The highest BCUT2D eigenvalue weighted by atomic mass is 79.9. The van der Waals surface area contributed by atoms with E-state index >= 15 is 0 Å². The van der Waals surface area contributed by atoms with E-state index in [4.69, 9.17) is 4.74 Å². The standard InChI is InChI=1S/C23H17BrN2O3/c1-2-29-22(28)23(12-19(23)21(27)15-7-4-3-5-8-15)20(17(13-25)14-26)16-9-6-10-18(24)11-16/h3-11,19H,2,12H2,1H3/t19-,23+/m0/s1. The molecule has 0 bridgehead atoms. The summed E-state index contributed by atoms with van der Waals surface area (Å²) in [7, 11) is 0. The number of carbonyl (C=O) groups excluding carboxylic acids is 2. The van der Waals surface area contributed by atoms with Gasteiger partial charge in [-0.15, -0.1) is 0 Å². The van der Waals surface area contributed by atoms with Crippen molar-refractivity contribution in [2.24, 2.45) is 11.3 Å². The number of nitriles is 2. The van der Waals surface area contributed by atoms with Gasteiger partial charge in [0.2, 0.25) is 0 Å². The van der Waals surface area contributed by atoms with Crippen molar-refractivity contribution < 1.29 is 14.3 Å². The van der Waals surface area contributed by atoms with E-state index in [0.717, 1.165) is 4.47 Å². The number of rotatable bonds is 6. The first kappa shape index (κ1) is 20.5. The molecule has 0 amide bonds. The first-order chi connectivity index (χ1) is 14.0. The summed E-state index contributed by atoms with van der Waals surface area (Å²) in [4.78, 5) is 26.2. The van der Waals surface area contributed by atoms with Crippen molar-refractivity contribution in [1.82, 2.24) is 0 Å². The topological polar surface area (TPSA) is 90.9 Å². The van der Waals surface area contributed by atoms with Crippen molar-refractivity contribution >= 4 is 33.3 Å². The van der Waals surface area contributed by atoms with E-state index in [9.17, 15) is 20.1 Å². The van der Waals surface area contributed by atoms with Crippen LogP contribution in [0.15, 0.2) is 64.6 Å². The molecular weight excluding hydrogens is 432 g/mol. The summed E-state index contributed by atoms with van der Waals surface area (Å²) in [6.45, 7) is 1.81. The Morgan fingerprint density at radius 2 is 1.76 bits per heavy atom. The van der Waals surface area contributed by atoms with Crippen LogP contribution in [0.3, 0.4) is 0 Å². The maximum absolute atomic E-state index is 13.1. The number of benzene rings is 2. The predicted octanol–water partition coefficient (Wildman–Crippen LogP) is 4.70. The molecule has 0 aromatic heterocycles. The van der Waals surface area contributed by atoms with Gasteiger partial charge in [-0.25, -0.2) is 0 Å². The van der Waals surface area contributed by atoms with Gasteiger partial charge in [0.25, 0.3) is 0 Å². The van der Waals surface area contributed by atoms with Crippen LogP contribution < -0.4 is 0 Å². The second-order valence-electron chi connectivity index (χ2n) is 6.66. The molecule has 1 aliphatic rings. The van der Waals surface area contributed by atoms with Gasteiger partial charge in [-0.3, -0.25) is 9.59 Å². The van der Waals surface area contributed by atoms with Crippen LogP contribution in [0.4, 0.5) is 0 Å². The van der Waals surface area contributed by atoms with Crippen LogP contribution in [0, 0.1) is 34.0 Å². The molecular formula is C23H17BrN2O3. The van der Waals surface area contributed by atoms with Gasteiger partial charge in [0.05, 0.1) is 6.61 Å². The van der Waals surface area contributed by atoms with Crippen LogP contribution in [0.2, 0.25) is 0 Å². The number of carbonyl (C=O) groups is 2. The van der Waals surface area contributed by atoms with Crippen LogP contribution in [0.5, 0.6) is 0 Å². The Balaban J connectivity index is 2.19. The number of hydrogen-bond donors (Lipinski definition) is 0. The van der Waals surface area contributed by atoms with E-state index in [-0.39, 0.29) is 30.0 Å². The monoisotopic (exact) mass is 448 g/mol. The molecule has 0 spiro atoms. The normalized spacial score (nSPS) is 19.4. The molecule has 0 radical (unpaired) electrons. The summed E-state index contributed by atoms with van der Waals surface area (Å²) in [6, 6.07) is 19.5. The lowest BCUT2D eigenvalue weighted by Gasteiger charge is -2.20. The molecule has 144 valence electrons. The maximum Gasteiger partial charge on any atom is 0.317 e. The molecule has 3 rings (SSSR count). The maximum atomic E-state index is 13.1. The number of nitrogens with zero attached hydrogens (tertiary/aromatic N) is 2. The van der Waals surface area contributed by atoms with Gasteiger partial charge < -0.3 is 4.74 Å². The van der Waals surface area contributed by atoms with Crippen molar-refractivity contribution in [3.63, 3.8) is 0 Å². The Labute approximate surface area is 177 Å². The number of hydrogen-bond acceptors (Lipinski definition) is 5. The van der Waals surface area contributed by atoms with Crippen molar-refractivity contribution in [2.75, 3.05) is 6.61 Å². The van der Waals surface area contributed by atoms with Crippen molar-refractivity contribution in [1.29, 1.82) is 10.5 Å². The number of ketones is 1. The van der Waals surface area contributed by atoms with Crippen LogP contribution in [0.1, 0.15) is 29.3 Å². The minimum atomic E-state index is -1.36. The molecule has 0 unspecified atom stereocenters. The average Bonchev–Trinajstić information content (AvgIpc) is 3.48. The van der Waals surface area contributed by atoms with Crippen LogP contribution in [-0.4, -0.2) is 18.4 Å². The molecule has 5 nitrogen and oxygen atoms in total. The molecule has 1 saturated carbocycles. The van der Waals surface area contributed by atoms with Gasteiger partial charge in [0.15, 0.2) is 5.78 Å². The van der Waals surface area contributed by atoms with E-state index in [1.807, 2.05) is 12.1 Å². The SMILES string of the molecule is CCOC(=O)[C@]1(C(=C(C#N)C#N)c2cccc(Br)c2)C[C@H]1C(=O)c1ccccc1. The third kappa shape index (κ3) is 3.72. The number of allylic oxidation sites excluding steroid dienone is 1. The average molecular weight is 449 g/mol. The summed E-state index contributed by atoms with van der Waals surface area (Å²) < 4.78 is 6.03. The Morgan fingerprint density at radius 1 is 1.10 bits per heavy atom.